The normalized spacial score (nSPS) is 11.4. The zero-order valence-electron chi connectivity index (χ0n) is 16.3. The summed E-state index contributed by atoms with van der Waals surface area (Å²) < 4.78 is 7.18. The van der Waals surface area contributed by atoms with Crippen molar-refractivity contribution in [3.63, 3.8) is 0 Å². The number of para-hydroxylation sites is 1. The number of nitrogens with one attached hydrogen (secondary N) is 1. The highest BCUT2D eigenvalue weighted by atomic mass is 16.5. The lowest BCUT2D eigenvalue weighted by molar-refractivity contribution is 0.0955. The van der Waals surface area contributed by atoms with Gasteiger partial charge in [0.15, 0.2) is 0 Å². The first-order valence-corrected chi connectivity index (χ1v) is 9.31. The molecule has 4 aromatic rings. The third-order valence-corrected chi connectivity index (χ3v) is 4.82. The minimum Gasteiger partial charge on any atom is -0.497 e. The summed E-state index contributed by atoms with van der Waals surface area (Å²) in [7, 11) is 1.66. The number of benzene rings is 3. The summed E-state index contributed by atoms with van der Waals surface area (Å²) in [5, 5.41) is 6.49. The molecule has 0 bridgehead atoms. The van der Waals surface area contributed by atoms with E-state index in [0.717, 1.165) is 33.5 Å². The molecule has 144 valence electrons. The highest BCUT2D eigenvalue weighted by Crippen LogP contribution is 2.22. The molecular formula is C24H21N3O2. The van der Waals surface area contributed by atoms with E-state index in [1.54, 1.807) is 13.2 Å². The van der Waals surface area contributed by atoms with Crippen LogP contribution in [0.4, 0.5) is 0 Å². The van der Waals surface area contributed by atoms with Gasteiger partial charge in [0.25, 0.3) is 5.91 Å². The first-order valence-electron chi connectivity index (χ1n) is 9.31. The van der Waals surface area contributed by atoms with E-state index in [1.165, 1.54) is 0 Å². The number of hydrogen-bond acceptors (Lipinski definition) is 3. The molecule has 3 aromatic carbocycles. The summed E-state index contributed by atoms with van der Waals surface area (Å²) in [5.41, 5.74) is 5.73. The van der Waals surface area contributed by atoms with E-state index in [4.69, 9.17) is 4.74 Å². The Morgan fingerprint density at radius 3 is 2.45 bits per heavy atom. The molecule has 0 aliphatic rings. The highest BCUT2D eigenvalue weighted by Gasteiger charge is 2.11. The van der Waals surface area contributed by atoms with Crippen molar-refractivity contribution in [3.05, 3.63) is 96.3 Å². The molecular weight excluding hydrogens is 362 g/mol. The quantitative estimate of drug-likeness (QED) is 0.398. The molecule has 0 fully saturated rings. The fourth-order valence-electron chi connectivity index (χ4n) is 3.22. The van der Waals surface area contributed by atoms with E-state index < -0.39 is 0 Å². The van der Waals surface area contributed by atoms with Crippen LogP contribution in [0.25, 0.3) is 16.5 Å². The van der Waals surface area contributed by atoms with Gasteiger partial charge in [0, 0.05) is 12.4 Å². The molecule has 5 heteroatoms. The maximum absolute atomic E-state index is 12.7. The Morgan fingerprint density at radius 1 is 0.931 bits per heavy atom. The number of amides is 1. The summed E-state index contributed by atoms with van der Waals surface area (Å²) >= 11 is 0. The number of ether oxygens (including phenoxy) is 1. The van der Waals surface area contributed by atoms with Crippen LogP contribution >= 0.6 is 0 Å². The van der Waals surface area contributed by atoms with Crippen LogP contribution in [0.3, 0.4) is 0 Å². The van der Waals surface area contributed by atoms with Gasteiger partial charge in [0.1, 0.15) is 5.75 Å². The summed E-state index contributed by atoms with van der Waals surface area (Å²) in [4.78, 5) is 12.7. The lowest BCUT2D eigenvalue weighted by atomic mass is 10.0. The largest absolute Gasteiger partial charge is 0.497 e. The number of rotatable bonds is 5. The standard InChI is InChI=1S/C24H21N3O2/c1-17(18-9-10-20-16-21(29-2)12-11-19(20)15-18)25-26-24(28)22-7-3-4-8-23(22)27-13-5-6-14-27/h3-16H,1-2H3,(H,26,28)/b25-17-. The van der Waals surface area contributed by atoms with E-state index in [0.29, 0.717) is 5.56 Å². The molecule has 1 amide bonds. The molecule has 0 unspecified atom stereocenters. The van der Waals surface area contributed by atoms with Crippen molar-refractivity contribution < 1.29 is 9.53 Å². The molecule has 5 nitrogen and oxygen atoms in total. The number of methoxy groups -OCH3 is 1. The molecule has 29 heavy (non-hydrogen) atoms. The number of hydrogen-bond donors (Lipinski definition) is 1. The van der Waals surface area contributed by atoms with Gasteiger partial charge in [0.05, 0.1) is 24.1 Å². The Hall–Kier alpha value is -3.86. The van der Waals surface area contributed by atoms with E-state index >= 15 is 0 Å². The maximum Gasteiger partial charge on any atom is 0.273 e. The van der Waals surface area contributed by atoms with Crippen molar-refractivity contribution in [2.75, 3.05) is 7.11 Å². The molecule has 0 saturated carbocycles. The van der Waals surface area contributed by atoms with Crippen LogP contribution in [0, 0.1) is 0 Å². The molecule has 1 aromatic heterocycles. The highest BCUT2D eigenvalue weighted by molar-refractivity contribution is 6.04. The summed E-state index contributed by atoms with van der Waals surface area (Å²) in [5.74, 6) is 0.573. The Labute approximate surface area is 169 Å². The van der Waals surface area contributed by atoms with Gasteiger partial charge >= 0.3 is 0 Å². The monoisotopic (exact) mass is 383 g/mol. The van der Waals surface area contributed by atoms with E-state index in [1.807, 2.05) is 90.6 Å². The second-order valence-electron chi connectivity index (χ2n) is 6.67. The minimum atomic E-state index is -0.251. The third-order valence-electron chi connectivity index (χ3n) is 4.82. The zero-order valence-corrected chi connectivity index (χ0v) is 16.3. The number of aromatic nitrogens is 1. The molecule has 1 heterocycles. The van der Waals surface area contributed by atoms with Crippen molar-refractivity contribution in [2.45, 2.75) is 6.92 Å². The van der Waals surface area contributed by atoms with Crippen molar-refractivity contribution >= 4 is 22.4 Å². The number of nitrogens with zero attached hydrogens (tertiary/aromatic N) is 2. The van der Waals surface area contributed by atoms with Crippen molar-refractivity contribution in [1.29, 1.82) is 0 Å². The number of hydrazone groups is 1. The third kappa shape index (κ3) is 3.89. The van der Waals surface area contributed by atoms with Gasteiger partial charge in [-0.05, 0) is 65.7 Å². The summed E-state index contributed by atoms with van der Waals surface area (Å²) in [6.07, 6.45) is 3.81. The Bertz CT molecular complexity index is 1190. The SMILES string of the molecule is COc1ccc2cc(/C(C)=N\NC(=O)c3ccccc3-n3cccc3)ccc2c1. The summed E-state index contributed by atoms with van der Waals surface area (Å²) in [6, 6.07) is 23.3. The Morgan fingerprint density at radius 2 is 1.66 bits per heavy atom. The van der Waals surface area contributed by atoms with E-state index in [-0.39, 0.29) is 5.91 Å². The van der Waals surface area contributed by atoms with Gasteiger partial charge in [-0.2, -0.15) is 5.10 Å². The Balaban J connectivity index is 1.56. The molecule has 0 radical (unpaired) electrons. The zero-order chi connectivity index (χ0) is 20.2. The van der Waals surface area contributed by atoms with Crippen molar-refractivity contribution in [2.24, 2.45) is 5.10 Å². The predicted octanol–water partition coefficient (Wildman–Crippen LogP) is 4.79. The van der Waals surface area contributed by atoms with Gasteiger partial charge in [-0.3, -0.25) is 4.79 Å². The van der Waals surface area contributed by atoms with Crippen molar-refractivity contribution in [1.82, 2.24) is 9.99 Å². The number of carbonyl (C=O) groups excluding carboxylic acids is 1. The van der Waals surface area contributed by atoms with Crippen molar-refractivity contribution in [3.8, 4) is 11.4 Å². The van der Waals surface area contributed by atoms with Gasteiger partial charge < -0.3 is 9.30 Å². The molecule has 0 atom stereocenters. The molecule has 4 rings (SSSR count). The van der Waals surface area contributed by atoms with E-state index in [2.05, 4.69) is 10.5 Å². The molecule has 0 saturated heterocycles. The number of fused-ring (bicyclic) bond motifs is 1. The van der Waals surface area contributed by atoms with Gasteiger partial charge in [-0.1, -0.05) is 30.3 Å². The van der Waals surface area contributed by atoms with Crippen LogP contribution < -0.4 is 10.2 Å². The number of carbonyl (C=O) groups is 1. The van der Waals surface area contributed by atoms with Crippen LogP contribution in [-0.4, -0.2) is 23.3 Å². The van der Waals surface area contributed by atoms with E-state index in [9.17, 15) is 4.79 Å². The molecule has 0 aliphatic heterocycles. The maximum atomic E-state index is 12.7. The van der Waals surface area contributed by atoms with Crippen LogP contribution in [0.15, 0.2) is 90.3 Å². The summed E-state index contributed by atoms with van der Waals surface area (Å²) in [6.45, 7) is 1.88. The van der Waals surface area contributed by atoms with Crippen LogP contribution in [0.5, 0.6) is 5.75 Å². The Kier molecular flexibility index (Phi) is 5.12. The average Bonchev–Trinajstić information content (AvgIpc) is 3.31. The van der Waals surface area contributed by atoms with Crippen LogP contribution in [-0.2, 0) is 0 Å². The van der Waals surface area contributed by atoms with Gasteiger partial charge in [-0.25, -0.2) is 5.43 Å². The topological polar surface area (TPSA) is 55.6 Å². The lowest BCUT2D eigenvalue weighted by Crippen LogP contribution is -2.21. The molecule has 1 N–H and O–H groups in total. The fourth-order valence-corrected chi connectivity index (χ4v) is 3.22. The second kappa shape index (κ2) is 8.02. The smallest absolute Gasteiger partial charge is 0.273 e. The van der Waals surface area contributed by atoms with Crippen LogP contribution in [0.2, 0.25) is 0 Å². The predicted molar refractivity (Wildman–Crippen MR) is 116 cm³/mol. The van der Waals surface area contributed by atoms with Crippen LogP contribution in [0.1, 0.15) is 22.8 Å². The fraction of sp³-hybridized carbons (Fsp3) is 0.0833. The van der Waals surface area contributed by atoms with Gasteiger partial charge in [0.2, 0.25) is 0 Å². The molecule has 0 aliphatic carbocycles. The van der Waals surface area contributed by atoms with Gasteiger partial charge in [-0.15, -0.1) is 0 Å². The first kappa shape index (κ1) is 18.5. The lowest BCUT2D eigenvalue weighted by Gasteiger charge is -2.10. The average molecular weight is 383 g/mol. The minimum absolute atomic E-state index is 0.251. The molecule has 0 spiro atoms. The second-order valence-corrected chi connectivity index (χ2v) is 6.67. The first-order chi connectivity index (χ1) is 14.2.